The third-order valence-corrected chi connectivity index (χ3v) is 6.40. The molecular weight excluding hydrogens is 442 g/mol. The van der Waals surface area contributed by atoms with Crippen molar-refractivity contribution in [2.45, 2.75) is 24.4 Å². The van der Waals surface area contributed by atoms with E-state index in [4.69, 9.17) is 16.3 Å². The summed E-state index contributed by atoms with van der Waals surface area (Å²) < 4.78 is 7.57. The number of rotatable bonds is 8. The fraction of sp³-hybridized carbons (Fsp3) is 0.160. The van der Waals surface area contributed by atoms with Gasteiger partial charge in [0.05, 0.1) is 18.7 Å². The van der Waals surface area contributed by atoms with Crippen LogP contribution in [0, 0.1) is 0 Å². The zero-order valence-electron chi connectivity index (χ0n) is 17.8. The van der Waals surface area contributed by atoms with Crippen LogP contribution >= 0.6 is 23.4 Å². The minimum absolute atomic E-state index is 0.0205. The van der Waals surface area contributed by atoms with Gasteiger partial charge >= 0.3 is 0 Å². The molecule has 0 spiro atoms. The fourth-order valence-corrected chi connectivity index (χ4v) is 4.53. The summed E-state index contributed by atoms with van der Waals surface area (Å²) in [4.78, 5) is 11.8. The number of hydrogen-bond donors (Lipinski definition) is 0. The van der Waals surface area contributed by atoms with Crippen LogP contribution in [-0.2, 0) is 12.3 Å². The summed E-state index contributed by atoms with van der Waals surface area (Å²) in [6.45, 7) is 2.17. The van der Waals surface area contributed by atoms with Crippen LogP contribution in [0.5, 0.6) is 5.75 Å². The topological polar surface area (TPSA) is 57.0 Å². The lowest BCUT2D eigenvalue weighted by Gasteiger charge is -2.13. The van der Waals surface area contributed by atoms with Crippen molar-refractivity contribution < 1.29 is 9.53 Å². The summed E-state index contributed by atoms with van der Waals surface area (Å²) >= 11 is 8.01. The average molecular weight is 464 g/mol. The molecule has 0 N–H and O–H groups in total. The smallest absolute Gasteiger partial charge is 0.192 e. The summed E-state index contributed by atoms with van der Waals surface area (Å²) in [5, 5.41) is 10.3. The van der Waals surface area contributed by atoms with E-state index in [-0.39, 0.29) is 5.78 Å². The monoisotopic (exact) mass is 463 g/mol. The van der Waals surface area contributed by atoms with Crippen LogP contribution < -0.4 is 4.74 Å². The van der Waals surface area contributed by atoms with E-state index >= 15 is 0 Å². The van der Waals surface area contributed by atoms with Gasteiger partial charge < -0.3 is 4.74 Å². The van der Waals surface area contributed by atoms with Crippen LogP contribution in [0.2, 0.25) is 5.02 Å². The van der Waals surface area contributed by atoms with Gasteiger partial charge in [0, 0.05) is 22.4 Å². The molecule has 0 saturated heterocycles. The zero-order chi connectivity index (χ0) is 22.5. The first-order valence-electron chi connectivity index (χ1n) is 10.1. The number of benzene rings is 3. The van der Waals surface area contributed by atoms with E-state index in [2.05, 4.69) is 26.9 Å². The number of thioether (sulfide) groups is 1. The van der Waals surface area contributed by atoms with Gasteiger partial charge in [-0.05, 0) is 42.8 Å². The second-order valence-electron chi connectivity index (χ2n) is 7.23. The summed E-state index contributed by atoms with van der Waals surface area (Å²) in [6, 6.07) is 23.3. The molecule has 4 aromatic rings. The molecule has 1 aromatic heterocycles. The lowest BCUT2D eigenvalue weighted by atomic mass is 10.1. The van der Waals surface area contributed by atoms with E-state index in [0.717, 1.165) is 27.6 Å². The van der Waals surface area contributed by atoms with Crippen molar-refractivity contribution in [2.75, 3.05) is 7.11 Å². The van der Waals surface area contributed by atoms with Crippen LogP contribution in [0.25, 0.3) is 11.4 Å². The molecule has 5 nitrogen and oxygen atoms in total. The molecular formula is C25H22ClN3O2S. The minimum atomic E-state index is 0.0205. The van der Waals surface area contributed by atoms with Crippen molar-refractivity contribution in [1.29, 1.82) is 0 Å². The van der Waals surface area contributed by atoms with E-state index in [1.807, 2.05) is 54.6 Å². The first-order valence-corrected chi connectivity index (χ1v) is 11.5. The number of nitrogens with zero attached hydrogens (tertiary/aromatic N) is 3. The Kier molecular flexibility index (Phi) is 6.93. The normalized spacial score (nSPS) is 10.8. The third kappa shape index (κ3) is 4.87. The molecule has 4 rings (SSSR count). The van der Waals surface area contributed by atoms with E-state index in [9.17, 15) is 4.79 Å². The molecule has 0 aliphatic heterocycles. The Morgan fingerprint density at radius 1 is 1.03 bits per heavy atom. The molecule has 0 aliphatic carbocycles. The van der Waals surface area contributed by atoms with Gasteiger partial charge in [-0.25, -0.2) is 0 Å². The summed E-state index contributed by atoms with van der Waals surface area (Å²) in [7, 11) is 1.63. The van der Waals surface area contributed by atoms with Gasteiger partial charge in [0.15, 0.2) is 16.8 Å². The molecule has 3 aromatic carbocycles. The van der Waals surface area contributed by atoms with Crippen LogP contribution in [-0.4, -0.2) is 27.7 Å². The number of ketones is 1. The molecule has 1 heterocycles. The predicted molar refractivity (Wildman–Crippen MR) is 129 cm³/mol. The van der Waals surface area contributed by atoms with Crippen LogP contribution in [0.1, 0.15) is 28.4 Å². The molecule has 32 heavy (non-hydrogen) atoms. The molecule has 0 atom stereocenters. The fourth-order valence-electron chi connectivity index (χ4n) is 3.40. The Hall–Kier alpha value is -3.09. The number of methoxy groups -OCH3 is 1. The molecule has 0 radical (unpaired) electrons. The third-order valence-electron chi connectivity index (χ3n) is 5.06. The summed E-state index contributed by atoms with van der Waals surface area (Å²) in [5.41, 5.74) is 3.56. The highest BCUT2D eigenvalue weighted by molar-refractivity contribution is 7.98. The maximum absolute atomic E-state index is 11.8. The molecule has 0 fully saturated rings. The van der Waals surface area contributed by atoms with Gasteiger partial charge in [-0.2, -0.15) is 0 Å². The Morgan fingerprint density at radius 2 is 1.78 bits per heavy atom. The van der Waals surface area contributed by atoms with E-state index < -0.39 is 0 Å². The van der Waals surface area contributed by atoms with Crippen LogP contribution in [0.4, 0.5) is 0 Å². The van der Waals surface area contributed by atoms with Crippen molar-refractivity contribution >= 4 is 29.1 Å². The predicted octanol–water partition coefficient (Wildman–Crippen LogP) is 6.15. The lowest BCUT2D eigenvalue weighted by molar-refractivity contribution is 0.101. The first-order chi connectivity index (χ1) is 15.6. The second-order valence-corrected chi connectivity index (χ2v) is 8.58. The number of Topliss-reactive ketones (excluding diaryl/α,β-unsaturated/α-hetero) is 1. The number of carbonyl (C=O) groups excluding carboxylic acids is 1. The number of hydrogen-bond acceptors (Lipinski definition) is 5. The molecule has 0 bridgehead atoms. The molecule has 0 unspecified atom stereocenters. The number of carbonyl (C=O) groups is 1. The van der Waals surface area contributed by atoms with Gasteiger partial charge in [-0.15, -0.1) is 10.2 Å². The van der Waals surface area contributed by atoms with Gasteiger partial charge in [0.25, 0.3) is 0 Å². The first kappa shape index (κ1) is 22.1. The maximum Gasteiger partial charge on any atom is 0.192 e. The summed E-state index contributed by atoms with van der Waals surface area (Å²) in [6.07, 6.45) is 0. The number of halogens is 1. The van der Waals surface area contributed by atoms with Gasteiger partial charge in [0.2, 0.25) is 0 Å². The van der Waals surface area contributed by atoms with Crippen molar-refractivity contribution in [3.63, 3.8) is 0 Å². The van der Waals surface area contributed by atoms with E-state index in [1.54, 1.807) is 31.9 Å². The van der Waals surface area contributed by atoms with E-state index in [1.165, 1.54) is 0 Å². The highest BCUT2D eigenvalue weighted by Gasteiger charge is 2.18. The van der Waals surface area contributed by atoms with Crippen molar-refractivity contribution in [3.05, 3.63) is 94.5 Å². The van der Waals surface area contributed by atoms with Crippen LogP contribution in [0.15, 0.2) is 78.0 Å². The van der Waals surface area contributed by atoms with Gasteiger partial charge in [-0.3, -0.25) is 9.36 Å². The average Bonchev–Trinajstić information content (AvgIpc) is 3.20. The molecule has 0 aliphatic rings. The molecule has 0 saturated carbocycles. The lowest BCUT2D eigenvalue weighted by Crippen LogP contribution is -2.04. The highest BCUT2D eigenvalue weighted by Crippen LogP contribution is 2.33. The van der Waals surface area contributed by atoms with Crippen molar-refractivity contribution in [3.8, 4) is 17.1 Å². The Morgan fingerprint density at radius 3 is 2.50 bits per heavy atom. The SMILES string of the molecule is COc1ccc(C(C)=O)cc1CSc1nnc(-c2ccccc2Cl)n1Cc1ccccc1. The summed E-state index contributed by atoms with van der Waals surface area (Å²) in [5.74, 6) is 2.06. The van der Waals surface area contributed by atoms with Crippen molar-refractivity contribution in [2.24, 2.45) is 0 Å². The number of ether oxygens (including phenoxy) is 1. The largest absolute Gasteiger partial charge is 0.496 e. The minimum Gasteiger partial charge on any atom is -0.496 e. The van der Waals surface area contributed by atoms with Crippen LogP contribution in [0.3, 0.4) is 0 Å². The Balaban J connectivity index is 1.69. The number of aromatic nitrogens is 3. The van der Waals surface area contributed by atoms with Crippen molar-refractivity contribution in [1.82, 2.24) is 14.8 Å². The standard InChI is InChI=1S/C25H22ClN3O2S/c1-17(30)19-12-13-23(31-2)20(14-19)16-32-25-28-27-24(21-10-6-7-11-22(21)26)29(25)15-18-8-4-3-5-9-18/h3-14H,15-16H2,1-2H3. The second kappa shape index (κ2) is 10.0. The Bertz CT molecular complexity index is 1240. The van der Waals surface area contributed by atoms with Gasteiger partial charge in [-0.1, -0.05) is 65.8 Å². The van der Waals surface area contributed by atoms with E-state index in [0.29, 0.717) is 28.7 Å². The highest BCUT2D eigenvalue weighted by atomic mass is 35.5. The quantitative estimate of drug-likeness (QED) is 0.231. The maximum atomic E-state index is 11.8. The molecule has 7 heteroatoms. The zero-order valence-corrected chi connectivity index (χ0v) is 19.4. The molecule has 0 amide bonds. The molecule has 162 valence electrons. The van der Waals surface area contributed by atoms with Gasteiger partial charge in [0.1, 0.15) is 5.75 Å². The Labute approximate surface area is 196 Å².